The van der Waals surface area contributed by atoms with Gasteiger partial charge in [-0.1, -0.05) is 18.2 Å². The summed E-state index contributed by atoms with van der Waals surface area (Å²) in [6.45, 7) is 0. The minimum Gasteiger partial charge on any atom is -0.387 e. The summed E-state index contributed by atoms with van der Waals surface area (Å²) in [6, 6.07) is 14.5. The number of nitriles is 1. The largest absolute Gasteiger partial charge is 0.387 e. The van der Waals surface area contributed by atoms with Crippen molar-refractivity contribution in [2.24, 2.45) is 5.92 Å². The van der Waals surface area contributed by atoms with Gasteiger partial charge >= 0.3 is 0 Å². The van der Waals surface area contributed by atoms with Gasteiger partial charge in [0.15, 0.2) is 0 Å². The Morgan fingerprint density at radius 1 is 0.964 bits per heavy atom. The van der Waals surface area contributed by atoms with Crippen LogP contribution in [-0.2, 0) is 0 Å². The number of benzene rings is 1. The maximum absolute atomic E-state index is 11.4. The van der Waals surface area contributed by atoms with E-state index in [0.29, 0.717) is 23.3 Å². The van der Waals surface area contributed by atoms with Gasteiger partial charge in [0.05, 0.1) is 41.5 Å². The molecule has 142 valence electrons. The Kier molecular flexibility index (Phi) is 4.41. The van der Waals surface area contributed by atoms with Crippen molar-refractivity contribution in [2.45, 2.75) is 56.5 Å². The van der Waals surface area contributed by atoms with Crippen LogP contribution in [0.2, 0.25) is 0 Å². The van der Waals surface area contributed by atoms with Crippen LogP contribution >= 0.6 is 0 Å². The topological polar surface area (TPSA) is 61.3 Å². The Morgan fingerprint density at radius 3 is 2.36 bits per heavy atom. The minimum absolute atomic E-state index is 0.292. The lowest BCUT2D eigenvalue weighted by Gasteiger charge is -2.33. The molecule has 0 aliphatic heterocycles. The van der Waals surface area contributed by atoms with Crippen LogP contribution in [0.3, 0.4) is 0 Å². The second kappa shape index (κ2) is 7.07. The summed E-state index contributed by atoms with van der Waals surface area (Å²) in [7, 11) is 0. The second-order valence-corrected chi connectivity index (χ2v) is 8.43. The van der Waals surface area contributed by atoms with E-state index in [1.54, 1.807) is 0 Å². The number of aromatic nitrogens is 2. The van der Waals surface area contributed by atoms with Crippen molar-refractivity contribution in [2.75, 3.05) is 0 Å². The molecule has 1 N–H and O–H groups in total. The number of fused-ring (bicyclic) bond motifs is 1. The second-order valence-electron chi connectivity index (χ2n) is 8.43. The number of imidazole rings is 1. The summed E-state index contributed by atoms with van der Waals surface area (Å²) in [5.41, 5.74) is 5.48. The standard InChI is InChI=1S/C24H25N3O/c25-13-16-1-3-17(4-2-16)18-5-9-20(10-6-18)24(28)23-22(19-7-8-19)12-11-21-14-26-15-27(21)23/h1-4,11-12,14-15,18-20,24,28H,5-10H2. The van der Waals surface area contributed by atoms with Crippen LogP contribution in [0.1, 0.15) is 78.8 Å². The third-order valence-corrected chi connectivity index (χ3v) is 6.68. The third kappa shape index (κ3) is 3.10. The zero-order valence-corrected chi connectivity index (χ0v) is 16.0. The van der Waals surface area contributed by atoms with Crippen LogP contribution < -0.4 is 0 Å². The Labute approximate surface area is 165 Å². The lowest BCUT2D eigenvalue weighted by Crippen LogP contribution is -2.22. The van der Waals surface area contributed by atoms with Gasteiger partial charge in [0.25, 0.3) is 0 Å². The summed E-state index contributed by atoms with van der Waals surface area (Å²) in [5.74, 6) is 1.43. The molecule has 2 aliphatic rings. The van der Waals surface area contributed by atoms with E-state index in [9.17, 15) is 5.11 Å². The minimum atomic E-state index is -0.435. The molecule has 0 bridgehead atoms. The molecule has 1 atom stereocenters. The summed E-state index contributed by atoms with van der Waals surface area (Å²) in [5, 5.41) is 20.3. The molecule has 28 heavy (non-hydrogen) atoms. The Hall–Kier alpha value is -2.64. The Morgan fingerprint density at radius 2 is 1.68 bits per heavy atom. The molecule has 0 amide bonds. The van der Waals surface area contributed by atoms with Crippen molar-refractivity contribution in [3.8, 4) is 6.07 Å². The van der Waals surface area contributed by atoms with Gasteiger partial charge < -0.3 is 9.51 Å². The molecule has 5 rings (SSSR count). The number of hydrogen-bond acceptors (Lipinski definition) is 3. The number of aliphatic hydroxyl groups is 1. The van der Waals surface area contributed by atoms with Crippen LogP contribution in [0.15, 0.2) is 48.9 Å². The molecule has 4 heteroatoms. The van der Waals surface area contributed by atoms with E-state index in [-0.39, 0.29) is 0 Å². The number of rotatable bonds is 4. The average molecular weight is 371 g/mol. The first-order valence-corrected chi connectivity index (χ1v) is 10.4. The Balaban J connectivity index is 1.35. The van der Waals surface area contributed by atoms with E-state index >= 15 is 0 Å². The van der Waals surface area contributed by atoms with Gasteiger partial charge in [0.1, 0.15) is 0 Å². The van der Waals surface area contributed by atoms with Crippen LogP contribution in [0.4, 0.5) is 0 Å². The number of nitrogens with zero attached hydrogens (tertiary/aromatic N) is 3. The molecule has 0 radical (unpaired) electrons. The highest BCUT2D eigenvalue weighted by Crippen LogP contribution is 2.47. The van der Waals surface area contributed by atoms with Crippen molar-refractivity contribution in [1.29, 1.82) is 5.26 Å². The quantitative estimate of drug-likeness (QED) is 0.695. The molecule has 0 spiro atoms. The molecular weight excluding hydrogens is 346 g/mol. The van der Waals surface area contributed by atoms with Gasteiger partial charge in [-0.2, -0.15) is 5.26 Å². The highest BCUT2D eigenvalue weighted by molar-refractivity contribution is 5.50. The van der Waals surface area contributed by atoms with E-state index < -0.39 is 6.10 Å². The normalized spacial score (nSPS) is 23.4. The molecule has 1 unspecified atom stereocenters. The maximum Gasteiger partial charge on any atom is 0.0995 e. The van der Waals surface area contributed by atoms with Gasteiger partial charge in [0.2, 0.25) is 0 Å². The average Bonchev–Trinajstić information content (AvgIpc) is 3.49. The molecule has 4 nitrogen and oxygen atoms in total. The van der Waals surface area contributed by atoms with Crippen LogP contribution in [0, 0.1) is 17.2 Å². The summed E-state index contributed by atoms with van der Waals surface area (Å²) >= 11 is 0. The van der Waals surface area contributed by atoms with Crippen molar-refractivity contribution >= 4 is 5.52 Å². The van der Waals surface area contributed by atoms with Crippen LogP contribution in [0.5, 0.6) is 0 Å². The number of aliphatic hydroxyl groups excluding tert-OH is 1. The first kappa shape index (κ1) is 17.5. The molecule has 0 saturated heterocycles. The summed E-state index contributed by atoms with van der Waals surface area (Å²) in [6.07, 6.45) is 9.98. The van der Waals surface area contributed by atoms with Gasteiger partial charge in [-0.3, -0.25) is 0 Å². The first-order chi connectivity index (χ1) is 13.7. The van der Waals surface area contributed by atoms with Crippen LogP contribution in [-0.4, -0.2) is 14.5 Å². The van der Waals surface area contributed by atoms with Crippen molar-refractivity contribution in [3.63, 3.8) is 0 Å². The summed E-state index contributed by atoms with van der Waals surface area (Å²) < 4.78 is 2.10. The lowest BCUT2D eigenvalue weighted by molar-refractivity contribution is 0.0754. The predicted octanol–water partition coefficient (Wildman–Crippen LogP) is 5.09. The Bertz CT molecular complexity index is 1020. The smallest absolute Gasteiger partial charge is 0.0995 e. The highest BCUT2D eigenvalue weighted by Gasteiger charge is 2.34. The predicted molar refractivity (Wildman–Crippen MR) is 108 cm³/mol. The zero-order valence-electron chi connectivity index (χ0n) is 16.0. The van der Waals surface area contributed by atoms with Crippen molar-refractivity contribution in [3.05, 3.63) is 71.3 Å². The van der Waals surface area contributed by atoms with Crippen molar-refractivity contribution in [1.82, 2.24) is 9.38 Å². The van der Waals surface area contributed by atoms with Gasteiger partial charge in [-0.25, -0.2) is 4.98 Å². The fourth-order valence-corrected chi connectivity index (χ4v) is 4.90. The molecular formula is C24H25N3O. The molecule has 1 aromatic carbocycles. The van der Waals surface area contributed by atoms with Gasteiger partial charge in [-0.15, -0.1) is 0 Å². The third-order valence-electron chi connectivity index (χ3n) is 6.68. The van der Waals surface area contributed by atoms with E-state index in [1.165, 1.54) is 24.0 Å². The van der Waals surface area contributed by atoms with Gasteiger partial charge in [-0.05, 0) is 85.6 Å². The van der Waals surface area contributed by atoms with Crippen molar-refractivity contribution < 1.29 is 5.11 Å². The molecule has 2 heterocycles. The highest BCUT2D eigenvalue weighted by atomic mass is 16.3. The first-order valence-electron chi connectivity index (χ1n) is 10.4. The number of pyridine rings is 1. The van der Waals surface area contributed by atoms with E-state index in [2.05, 4.69) is 39.7 Å². The zero-order chi connectivity index (χ0) is 19.1. The monoisotopic (exact) mass is 371 g/mol. The SMILES string of the molecule is N#Cc1ccc(C2CCC(C(O)c3c(C4CC4)ccc4cncn34)CC2)cc1. The van der Waals surface area contributed by atoms with E-state index in [1.807, 2.05) is 24.7 Å². The number of hydrogen-bond donors (Lipinski definition) is 1. The molecule has 2 aliphatic carbocycles. The summed E-state index contributed by atoms with van der Waals surface area (Å²) in [4.78, 5) is 4.31. The maximum atomic E-state index is 11.4. The molecule has 2 saturated carbocycles. The van der Waals surface area contributed by atoms with Crippen LogP contribution in [0.25, 0.3) is 5.52 Å². The van der Waals surface area contributed by atoms with E-state index in [4.69, 9.17) is 5.26 Å². The fraction of sp³-hybridized carbons (Fsp3) is 0.417. The molecule has 2 fully saturated rings. The molecule has 3 aromatic rings. The fourth-order valence-electron chi connectivity index (χ4n) is 4.90. The lowest BCUT2D eigenvalue weighted by atomic mass is 9.75. The molecule has 2 aromatic heterocycles. The van der Waals surface area contributed by atoms with E-state index in [0.717, 1.165) is 36.9 Å². The van der Waals surface area contributed by atoms with Gasteiger partial charge in [0, 0.05) is 0 Å².